The zero-order chi connectivity index (χ0) is 21.8. The van der Waals surface area contributed by atoms with E-state index >= 15 is 0 Å². The summed E-state index contributed by atoms with van der Waals surface area (Å²) < 4.78 is 0. The van der Waals surface area contributed by atoms with Crippen LogP contribution in [0.5, 0.6) is 0 Å². The van der Waals surface area contributed by atoms with Crippen LogP contribution in [0.4, 0.5) is 0 Å². The van der Waals surface area contributed by atoms with E-state index in [0.29, 0.717) is 23.7 Å². The summed E-state index contributed by atoms with van der Waals surface area (Å²) in [6.45, 7) is 4.61. The van der Waals surface area contributed by atoms with Crippen LogP contribution in [0.2, 0.25) is 5.02 Å². The molecule has 1 saturated heterocycles. The Morgan fingerprint density at radius 3 is 2.23 bits per heavy atom. The van der Waals surface area contributed by atoms with Crippen molar-refractivity contribution in [2.24, 2.45) is 5.41 Å². The van der Waals surface area contributed by atoms with Gasteiger partial charge in [-0.1, -0.05) is 35.6 Å². The standard InChI is InChI=1S/C25H28ClNO3/c1-24(2,30)12-11-19-3-7-21(8-4-19)23(29)27-15-13-25(18-28,14-16-27)17-20-5-9-22(26)10-6-20/h3-10,28,30H,13-18H2,1-2H3. The van der Waals surface area contributed by atoms with Crippen molar-refractivity contribution in [1.82, 2.24) is 4.90 Å². The van der Waals surface area contributed by atoms with Crippen molar-refractivity contribution in [3.05, 3.63) is 70.2 Å². The Balaban J connectivity index is 1.62. The Bertz CT molecular complexity index is 926. The fraction of sp³-hybridized carbons (Fsp3) is 0.400. The molecular formula is C25H28ClNO3. The number of benzene rings is 2. The lowest BCUT2D eigenvalue weighted by Gasteiger charge is -2.41. The SMILES string of the molecule is CC(C)(O)C#Cc1ccc(C(=O)N2CCC(CO)(Cc3ccc(Cl)cc3)CC2)cc1. The normalized spacial score (nSPS) is 16.0. The summed E-state index contributed by atoms with van der Waals surface area (Å²) in [5.74, 6) is 5.68. The van der Waals surface area contributed by atoms with Crippen molar-refractivity contribution in [2.75, 3.05) is 19.7 Å². The molecule has 0 spiro atoms. The summed E-state index contributed by atoms with van der Waals surface area (Å²) in [6, 6.07) is 14.9. The zero-order valence-corrected chi connectivity index (χ0v) is 18.2. The number of rotatable bonds is 4. The van der Waals surface area contributed by atoms with Crippen LogP contribution in [0.25, 0.3) is 0 Å². The maximum absolute atomic E-state index is 12.9. The highest BCUT2D eigenvalue weighted by Gasteiger charge is 2.35. The largest absolute Gasteiger partial charge is 0.396 e. The van der Waals surface area contributed by atoms with Gasteiger partial charge in [-0.3, -0.25) is 4.79 Å². The number of likely N-dealkylation sites (tertiary alicyclic amines) is 1. The number of amides is 1. The van der Waals surface area contributed by atoms with E-state index in [1.165, 1.54) is 0 Å². The number of aliphatic hydroxyl groups is 2. The topological polar surface area (TPSA) is 60.8 Å². The maximum Gasteiger partial charge on any atom is 0.253 e. The minimum absolute atomic E-state index is 0.00460. The number of hydrogen-bond acceptors (Lipinski definition) is 3. The van der Waals surface area contributed by atoms with Gasteiger partial charge < -0.3 is 15.1 Å². The van der Waals surface area contributed by atoms with Crippen LogP contribution >= 0.6 is 11.6 Å². The smallest absolute Gasteiger partial charge is 0.253 e. The van der Waals surface area contributed by atoms with Gasteiger partial charge in [-0.05, 0) is 75.1 Å². The highest BCUT2D eigenvalue weighted by molar-refractivity contribution is 6.30. The van der Waals surface area contributed by atoms with Crippen molar-refractivity contribution >= 4 is 17.5 Å². The summed E-state index contributed by atoms with van der Waals surface area (Å²) in [5, 5.41) is 20.5. The van der Waals surface area contributed by atoms with Gasteiger partial charge in [-0.2, -0.15) is 0 Å². The van der Waals surface area contributed by atoms with Crippen LogP contribution in [0.1, 0.15) is 48.2 Å². The highest BCUT2D eigenvalue weighted by Crippen LogP contribution is 2.35. The maximum atomic E-state index is 12.9. The van der Waals surface area contributed by atoms with Crippen LogP contribution in [-0.2, 0) is 6.42 Å². The Morgan fingerprint density at radius 2 is 1.70 bits per heavy atom. The van der Waals surface area contributed by atoms with E-state index in [4.69, 9.17) is 11.6 Å². The Labute approximate surface area is 183 Å². The van der Waals surface area contributed by atoms with Crippen LogP contribution in [0.15, 0.2) is 48.5 Å². The molecule has 2 aromatic carbocycles. The molecular weight excluding hydrogens is 398 g/mol. The second-order valence-corrected chi connectivity index (χ2v) is 9.08. The van der Waals surface area contributed by atoms with E-state index in [0.717, 1.165) is 30.4 Å². The average molecular weight is 426 g/mol. The molecule has 1 aliphatic rings. The molecule has 1 amide bonds. The van der Waals surface area contributed by atoms with Gasteiger partial charge in [-0.25, -0.2) is 0 Å². The van der Waals surface area contributed by atoms with Crippen molar-refractivity contribution in [3.8, 4) is 11.8 Å². The van der Waals surface area contributed by atoms with Gasteiger partial charge in [0, 0.05) is 41.3 Å². The van der Waals surface area contributed by atoms with Crippen molar-refractivity contribution in [2.45, 2.75) is 38.7 Å². The Hall–Kier alpha value is -2.32. The van der Waals surface area contributed by atoms with Crippen LogP contribution in [-0.4, -0.2) is 46.3 Å². The quantitative estimate of drug-likeness (QED) is 0.730. The van der Waals surface area contributed by atoms with Gasteiger partial charge >= 0.3 is 0 Å². The predicted molar refractivity (Wildman–Crippen MR) is 119 cm³/mol. The first-order chi connectivity index (χ1) is 14.2. The number of nitrogens with zero attached hydrogens (tertiary/aromatic N) is 1. The molecule has 1 fully saturated rings. The van der Waals surface area contributed by atoms with Gasteiger partial charge in [0.05, 0.1) is 0 Å². The molecule has 4 nitrogen and oxygen atoms in total. The molecule has 0 aromatic heterocycles. The van der Waals surface area contributed by atoms with E-state index in [1.807, 2.05) is 29.2 Å². The molecule has 2 N–H and O–H groups in total. The van der Waals surface area contributed by atoms with Crippen LogP contribution in [0, 0.1) is 17.3 Å². The third-order valence-corrected chi connectivity index (χ3v) is 5.84. The monoisotopic (exact) mass is 425 g/mol. The number of hydrogen-bond donors (Lipinski definition) is 2. The Morgan fingerprint density at radius 1 is 1.10 bits per heavy atom. The molecule has 3 rings (SSSR count). The number of piperidine rings is 1. The number of carbonyl (C=O) groups excluding carboxylic acids is 1. The molecule has 0 radical (unpaired) electrons. The van der Waals surface area contributed by atoms with E-state index in [-0.39, 0.29) is 17.9 Å². The average Bonchev–Trinajstić information content (AvgIpc) is 2.74. The first kappa shape index (κ1) is 22.4. The fourth-order valence-electron chi connectivity index (χ4n) is 3.71. The zero-order valence-electron chi connectivity index (χ0n) is 17.5. The van der Waals surface area contributed by atoms with Gasteiger partial charge in [0.1, 0.15) is 5.60 Å². The van der Waals surface area contributed by atoms with Gasteiger partial charge in [0.25, 0.3) is 5.91 Å². The highest BCUT2D eigenvalue weighted by atomic mass is 35.5. The second-order valence-electron chi connectivity index (χ2n) is 8.64. The summed E-state index contributed by atoms with van der Waals surface area (Å²) >= 11 is 5.97. The number of halogens is 1. The molecule has 0 aliphatic carbocycles. The molecule has 30 heavy (non-hydrogen) atoms. The molecule has 158 valence electrons. The van der Waals surface area contributed by atoms with Crippen molar-refractivity contribution in [1.29, 1.82) is 0 Å². The summed E-state index contributed by atoms with van der Waals surface area (Å²) in [4.78, 5) is 14.8. The van der Waals surface area contributed by atoms with Gasteiger partial charge in [0.2, 0.25) is 0 Å². The molecule has 5 heteroatoms. The Kier molecular flexibility index (Phi) is 6.88. The van der Waals surface area contributed by atoms with E-state index < -0.39 is 5.60 Å². The van der Waals surface area contributed by atoms with E-state index in [9.17, 15) is 15.0 Å². The molecule has 0 unspecified atom stereocenters. The molecule has 2 aromatic rings. The third kappa shape index (κ3) is 5.86. The lowest BCUT2D eigenvalue weighted by atomic mass is 9.74. The van der Waals surface area contributed by atoms with Crippen molar-refractivity contribution < 1.29 is 15.0 Å². The third-order valence-electron chi connectivity index (χ3n) is 5.58. The van der Waals surface area contributed by atoms with Gasteiger partial charge in [0.15, 0.2) is 0 Å². The molecule has 1 aliphatic heterocycles. The van der Waals surface area contributed by atoms with E-state index in [1.54, 1.807) is 38.1 Å². The second kappa shape index (κ2) is 9.22. The van der Waals surface area contributed by atoms with Gasteiger partial charge in [-0.15, -0.1) is 0 Å². The predicted octanol–water partition coefficient (Wildman–Crippen LogP) is 3.92. The van der Waals surface area contributed by atoms with Crippen LogP contribution < -0.4 is 0 Å². The minimum Gasteiger partial charge on any atom is -0.396 e. The van der Waals surface area contributed by atoms with E-state index in [2.05, 4.69) is 11.8 Å². The molecule has 0 saturated carbocycles. The number of aliphatic hydroxyl groups excluding tert-OH is 1. The fourth-order valence-corrected chi connectivity index (χ4v) is 3.84. The van der Waals surface area contributed by atoms with Crippen LogP contribution in [0.3, 0.4) is 0 Å². The summed E-state index contributed by atoms with van der Waals surface area (Å²) in [5.41, 5.74) is 1.28. The lowest BCUT2D eigenvalue weighted by molar-refractivity contribution is 0.0358. The van der Waals surface area contributed by atoms with Crippen molar-refractivity contribution in [3.63, 3.8) is 0 Å². The first-order valence-electron chi connectivity index (χ1n) is 10.2. The summed E-state index contributed by atoms with van der Waals surface area (Å²) in [6.07, 6.45) is 2.29. The first-order valence-corrected chi connectivity index (χ1v) is 10.6. The molecule has 0 atom stereocenters. The molecule has 1 heterocycles. The summed E-state index contributed by atoms with van der Waals surface area (Å²) in [7, 11) is 0. The minimum atomic E-state index is -1.05. The molecule has 0 bridgehead atoms. The number of carbonyl (C=O) groups is 1. The lowest BCUT2D eigenvalue weighted by Crippen LogP contribution is -2.45.